The Balaban J connectivity index is 1.68. The van der Waals surface area contributed by atoms with Crippen molar-refractivity contribution in [3.8, 4) is 44.5 Å². The quantitative estimate of drug-likeness (QED) is 0.320. The SMILES string of the molecule is COc1ccc(-c2nc(-c3cn(-c4ccccc4)nc3-c3ccc(F)cc3)sc2C(=O)O)cc1. The minimum Gasteiger partial charge on any atom is -0.497 e. The van der Waals surface area contributed by atoms with Gasteiger partial charge in [0.2, 0.25) is 0 Å². The number of hydrogen-bond acceptors (Lipinski definition) is 5. The van der Waals surface area contributed by atoms with Crippen molar-refractivity contribution in [3.05, 3.63) is 95.8 Å². The number of carboxylic acid groups (broad SMARTS) is 1. The molecule has 0 aliphatic carbocycles. The molecular weight excluding hydrogens is 453 g/mol. The molecule has 2 aromatic heterocycles. The summed E-state index contributed by atoms with van der Waals surface area (Å²) in [6.07, 6.45) is 1.82. The highest BCUT2D eigenvalue weighted by atomic mass is 32.1. The predicted molar refractivity (Wildman–Crippen MR) is 129 cm³/mol. The summed E-state index contributed by atoms with van der Waals surface area (Å²) in [7, 11) is 1.57. The molecule has 34 heavy (non-hydrogen) atoms. The molecule has 5 rings (SSSR count). The van der Waals surface area contributed by atoms with Crippen molar-refractivity contribution in [2.75, 3.05) is 7.11 Å². The number of methoxy groups -OCH3 is 1. The van der Waals surface area contributed by atoms with Crippen molar-refractivity contribution in [1.82, 2.24) is 14.8 Å². The van der Waals surface area contributed by atoms with E-state index in [1.54, 1.807) is 48.2 Å². The third kappa shape index (κ3) is 4.06. The Kier molecular flexibility index (Phi) is 5.65. The zero-order chi connectivity index (χ0) is 23.7. The molecular formula is C26H18FN3O3S. The van der Waals surface area contributed by atoms with Gasteiger partial charge in [0.1, 0.15) is 27.1 Å². The first-order valence-corrected chi connectivity index (χ1v) is 11.1. The van der Waals surface area contributed by atoms with Gasteiger partial charge in [-0.3, -0.25) is 0 Å². The zero-order valence-corrected chi connectivity index (χ0v) is 18.8. The van der Waals surface area contributed by atoms with Crippen molar-refractivity contribution < 1.29 is 19.0 Å². The number of carboxylic acids is 1. The van der Waals surface area contributed by atoms with Crippen molar-refractivity contribution in [2.45, 2.75) is 0 Å². The summed E-state index contributed by atoms with van der Waals surface area (Å²) in [5.41, 5.74) is 3.80. The summed E-state index contributed by atoms with van der Waals surface area (Å²) in [5.74, 6) is -0.746. The number of rotatable bonds is 6. The summed E-state index contributed by atoms with van der Waals surface area (Å²) in [4.78, 5) is 16.9. The highest BCUT2D eigenvalue weighted by Gasteiger charge is 2.23. The molecule has 2 heterocycles. The van der Waals surface area contributed by atoms with Crippen LogP contribution in [0.2, 0.25) is 0 Å². The molecule has 0 aliphatic heterocycles. The van der Waals surface area contributed by atoms with Crippen LogP contribution in [-0.2, 0) is 0 Å². The molecule has 168 valence electrons. The van der Waals surface area contributed by atoms with E-state index in [1.807, 2.05) is 36.5 Å². The summed E-state index contributed by atoms with van der Waals surface area (Å²) < 4.78 is 20.5. The van der Waals surface area contributed by atoms with Crippen LogP contribution in [0.4, 0.5) is 4.39 Å². The minimum absolute atomic E-state index is 0.123. The van der Waals surface area contributed by atoms with Gasteiger partial charge in [-0.2, -0.15) is 5.10 Å². The van der Waals surface area contributed by atoms with Gasteiger partial charge < -0.3 is 9.84 Å². The third-order valence-corrected chi connectivity index (χ3v) is 6.34. The number of benzene rings is 3. The number of aromatic nitrogens is 3. The van der Waals surface area contributed by atoms with Crippen LogP contribution in [-0.4, -0.2) is 33.0 Å². The van der Waals surface area contributed by atoms with Crippen molar-refractivity contribution in [1.29, 1.82) is 0 Å². The average molecular weight is 472 g/mol. The molecule has 6 nitrogen and oxygen atoms in total. The predicted octanol–water partition coefficient (Wildman–Crippen LogP) is 6.18. The normalized spacial score (nSPS) is 10.9. The number of ether oxygens (including phenoxy) is 1. The molecule has 0 bridgehead atoms. The molecule has 0 spiro atoms. The maximum Gasteiger partial charge on any atom is 0.348 e. The van der Waals surface area contributed by atoms with Gasteiger partial charge in [-0.1, -0.05) is 18.2 Å². The number of carbonyl (C=O) groups is 1. The molecule has 0 amide bonds. The van der Waals surface area contributed by atoms with E-state index in [9.17, 15) is 14.3 Å². The second kappa shape index (κ2) is 8.92. The molecule has 0 aliphatic rings. The Morgan fingerprint density at radius 2 is 1.59 bits per heavy atom. The lowest BCUT2D eigenvalue weighted by Crippen LogP contribution is -1.95. The monoisotopic (exact) mass is 471 g/mol. The van der Waals surface area contributed by atoms with Crippen LogP contribution in [0.3, 0.4) is 0 Å². The van der Waals surface area contributed by atoms with Crippen LogP contribution in [0.5, 0.6) is 5.75 Å². The van der Waals surface area contributed by atoms with Gasteiger partial charge >= 0.3 is 5.97 Å². The fourth-order valence-electron chi connectivity index (χ4n) is 3.59. The van der Waals surface area contributed by atoms with Crippen LogP contribution < -0.4 is 4.74 Å². The molecule has 0 saturated carbocycles. The Morgan fingerprint density at radius 1 is 0.941 bits per heavy atom. The molecule has 0 saturated heterocycles. The Morgan fingerprint density at radius 3 is 2.24 bits per heavy atom. The fourth-order valence-corrected chi connectivity index (χ4v) is 4.53. The van der Waals surface area contributed by atoms with Crippen LogP contribution in [0.1, 0.15) is 9.67 Å². The first-order valence-electron chi connectivity index (χ1n) is 10.3. The average Bonchev–Trinajstić information content (AvgIpc) is 3.50. The number of para-hydroxylation sites is 1. The molecule has 0 radical (unpaired) electrons. The summed E-state index contributed by atoms with van der Waals surface area (Å²) in [6, 6.07) is 22.7. The number of thiazole rings is 1. The first kappa shape index (κ1) is 21.5. The van der Waals surface area contributed by atoms with Gasteiger partial charge in [-0.05, 0) is 60.7 Å². The lowest BCUT2D eigenvalue weighted by atomic mass is 10.1. The molecule has 1 N–H and O–H groups in total. The largest absolute Gasteiger partial charge is 0.497 e. The number of halogens is 1. The standard InChI is InChI=1S/C26H18FN3O3S/c1-33-20-13-9-17(10-14-20)23-24(26(31)32)34-25(28-23)21-15-30(19-5-3-2-4-6-19)29-22(21)16-7-11-18(27)12-8-16/h2-15H,1H3,(H,31,32). The van der Waals surface area contributed by atoms with Gasteiger partial charge in [-0.15, -0.1) is 11.3 Å². The Bertz CT molecular complexity index is 1460. The molecule has 8 heteroatoms. The molecule has 0 atom stereocenters. The van der Waals surface area contributed by atoms with E-state index in [0.717, 1.165) is 17.0 Å². The summed E-state index contributed by atoms with van der Waals surface area (Å²) >= 11 is 1.08. The van der Waals surface area contributed by atoms with Crippen LogP contribution >= 0.6 is 11.3 Å². The van der Waals surface area contributed by atoms with E-state index in [0.29, 0.717) is 38.8 Å². The Hall–Kier alpha value is -4.30. The summed E-state index contributed by atoms with van der Waals surface area (Å²) in [5, 5.41) is 15.1. The van der Waals surface area contributed by atoms with Gasteiger partial charge in [0, 0.05) is 17.3 Å². The van der Waals surface area contributed by atoms with Crippen molar-refractivity contribution in [3.63, 3.8) is 0 Å². The van der Waals surface area contributed by atoms with E-state index >= 15 is 0 Å². The van der Waals surface area contributed by atoms with Crippen LogP contribution in [0, 0.1) is 5.82 Å². The van der Waals surface area contributed by atoms with Crippen molar-refractivity contribution >= 4 is 17.3 Å². The van der Waals surface area contributed by atoms with Gasteiger partial charge in [0.15, 0.2) is 0 Å². The molecule has 0 fully saturated rings. The second-order valence-electron chi connectivity index (χ2n) is 7.41. The maximum atomic E-state index is 13.6. The number of aromatic carboxylic acids is 1. The minimum atomic E-state index is -1.06. The molecule has 3 aromatic carbocycles. The van der Waals surface area contributed by atoms with E-state index in [-0.39, 0.29) is 10.7 Å². The van der Waals surface area contributed by atoms with E-state index in [1.165, 1.54) is 12.1 Å². The smallest absolute Gasteiger partial charge is 0.348 e. The highest BCUT2D eigenvalue weighted by molar-refractivity contribution is 7.17. The maximum absolute atomic E-state index is 13.6. The lowest BCUT2D eigenvalue weighted by molar-refractivity contribution is 0.0702. The number of nitrogens with zero attached hydrogens (tertiary/aromatic N) is 3. The zero-order valence-electron chi connectivity index (χ0n) is 18.0. The Labute approximate surface area is 198 Å². The molecule has 5 aromatic rings. The van der Waals surface area contributed by atoms with Crippen molar-refractivity contribution in [2.24, 2.45) is 0 Å². The van der Waals surface area contributed by atoms with Crippen LogP contribution in [0.25, 0.3) is 38.8 Å². The fraction of sp³-hybridized carbons (Fsp3) is 0.0385. The van der Waals surface area contributed by atoms with Gasteiger partial charge in [0.25, 0.3) is 0 Å². The van der Waals surface area contributed by atoms with E-state index < -0.39 is 5.97 Å². The third-order valence-electron chi connectivity index (χ3n) is 5.27. The number of hydrogen-bond donors (Lipinski definition) is 1. The highest BCUT2D eigenvalue weighted by Crippen LogP contribution is 2.39. The summed E-state index contributed by atoms with van der Waals surface area (Å²) in [6.45, 7) is 0. The van der Waals surface area contributed by atoms with E-state index in [2.05, 4.69) is 0 Å². The lowest BCUT2D eigenvalue weighted by Gasteiger charge is -2.02. The van der Waals surface area contributed by atoms with Gasteiger partial charge in [0.05, 0.1) is 24.1 Å². The molecule has 0 unspecified atom stereocenters. The first-order chi connectivity index (χ1) is 16.5. The second-order valence-corrected chi connectivity index (χ2v) is 8.41. The van der Waals surface area contributed by atoms with Crippen LogP contribution in [0.15, 0.2) is 85.1 Å². The van der Waals surface area contributed by atoms with E-state index in [4.69, 9.17) is 14.8 Å². The topological polar surface area (TPSA) is 77.2 Å². The van der Waals surface area contributed by atoms with Gasteiger partial charge in [-0.25, -0.2) is 18.9 Å².